The molecule has 3 rings (SSSR count). The average Bonchev–Trinajstić information content (AvgIpc) is 3.03. The van der Waals surface area contributed by atoms with Gasteiger partial charge in [-0.1, -0.05) is 54.5 Å². The third kappa shape index (κ3) is 2.83. The fourth-order valence-electron chi connectivity index (χ4n) is 2.91. The Balaban J connectivity index is 2.29. The molecule has 0 spiro atoms. The minimum Gasteiger partial charge on any atom is -0.355 e. The first-order valence-electron chi connectivity index (χ1n) is 7.82. The highest BCUT2D eigenvalue weighted by Gasteiger charge is 2.21. The van der Waals surface area contributed by atoms with Crippen molar-refractivity contribution in [1.82, 2.24) is 5.16 Å². The Bertz CT molecular complexity index is 926. The molecule has 4 nitrogen and oxygen atoms in total. The van der Waals surface area contributed by atoms with Crippen molar-refractivity contribution in [3.63, 3.8) is 0 Å². The van der Waals surface area contributed by atoms with Gasteiger partial charge in [-0.15, -0.1) is 0 Å². The van der Waals surface area contributed by atoms with Crippen LogP contribution in [0.1, 0.15) is 23.7 Å². The minimum atomic E-state index is 0.235. The first-order chi connectivity index (χ1) is 11.7. The molecule has 0 bridgehead atoms. The van der Waals surface area contributed by atoms with E-state index in [-0.39, 0.29) is 11.5 Å². The van der Waals surface area contributed by atoms with Crippen LogP contribution in [0.5, 0.6) is 0 Å². The first-order valence-corrected chi connectivity index (χ1v) is 8.51. The third-order valence-electron chi connectivity index (χ3n) is 4.16. The van der Waals surface area contributed by atoms with E-state index in [9.17, 15) is 4.21 Å². The lowest BCUT2D eigenvalue weighted by Crippen LogP contribution is -1.92. The molecular formula is C19H18N2O2S. The van der Waals surface area contributed by atoms with Crippen LogP contribution in [0, 0.1) is 13.8 Å². The topological polar surface area (TPSA) is 55.5 Å². The molecule has 0 atom stereocenters. The van der Waals surface area contributed by atoms with Crippen LogP contribution in [0.4, 0.5) is 5.69 Å². The van der Waals surface area contributed by atoms with Crippen LogP contribution < -0.4 is 0 Å². The molecule has 5 heteroatoms. The van der Waals surface area contributed by atoms with E-state index < -0.39 is 0 Å². The van der Waals surface area contributed by atoms with Crippen molar-refractivity contribution in [3.05, 3.63) is 59.3 Å². The van der Waals surface area contributed by atoms with Crippen LogP contribution in [0.3, 0.4) is 0 Å². The maximum Gasteiger partial charge on any atom is 0.205 e. The number of benzene rings is 2. The van der Waals surface area contributed by atoms with Gasteiger partial charge in [-0.25, -0.2) is 0 Å². The van der Waals surface area contributed by atoms with Crippen LogP contribution in [0.25, 0.3) is 22.5 Å². The Labute approximate surface area is 144 Å². The molecule has 1 heterocycles. The predicted molar refractivity (Wildman–Crippen MR) is 96.5 cm³/mol. The van der Waals surface area contributed by atoms with E-state index in [0.29, 0.717) is 0 Å². The van der Waals surface area contributed by atoms with Crippen LogP contribution in [-0.4, -0.2) is 9.37 Å². The number of nitrogens with zero attached hydrogens (tertiary/aromatic N) is 2. The van der Waals surface area contributed by atoms with Crippen LogP contribution in [0.2, 0.25) is 0 Å². The summed E-state index contributed by atoms with van der Waals surface area (Å²) in [6, 6.07) is 14.0. The van der Waals surface area contributed by atoms with Crippen molar-refractivity contribution < 1.29 is 8.73 Å². The molecule has 0 aliphatic rings. The number of rotatable bonds is 4. The van der Waals surface area contributed by atoms with Crippen molar-refractivity contribution >= 4 is 17.2 Å². The Hall–Kier alpha value is -2.53. The summed E-state index contributed by atoms with van der Waals surface area (Å²) in [4.78, 5) is 0. The zero-order chi connectivity index (χ0) is 17.1. The van der Waals surface area contributed by atoms with Crippen LogP contribution in [-0.2, 0) is 17.9 Å². The van der Waals surface area contributed by atoms with Gasteiger partial charge in [0, 0.05) is 5.56 Å². The molecule has 0 radical (unpaired) electrons. The molecule has 0 amide bonds. The second-order valence-electron chi connectivity index (χ2n) is 5.62. The summed E-state index contributed by atoms with van der Waals surface area (Å²) in [5.74, 6) is 0.750. The van der Waals surface area contributed by atoms with Gasteiger partial charge in [0.05, 0.1) is 16.9 Å². The minimum absolute atomic E-state index is 0.235. The van der Waals surface area contributed by atoms with Crippen molar-refractivity contribution in [3.8, 4) is 22.5 Å². The summed E-state index contributed by atoms with van der Waals surface area (Å²) < 4.78 is 20.6. The van der Waals surface area contributed by atoms with Gasteiger partial charge in [-0.3, -0.25) is 0 Å². The highest BCUT2D eigenvalue weighted by molar-refractivity contribution is 7.54. The molecule has 122 valence electrons. The number of hydrogen-bond donors (Lipinski definition) is 0. The maximum absolute atomic E-state index is 10.9. The Morgan fingerprint density at radius 3 is 2.54 bits per heavy atom. The normalized spacial score (nSPS) is 10.6. The van der Waals surface area contributed by atoms with E-state index in [2.05, 4.69) is 22.5 Å². The van der Waals surface area contributed by atoms with Crippen molar-refractivity contribution in [2.75, 3.05) is 0 Å². The number of aryl methyl sites for hydroxylation is 2. The van der Waals surface area contributed by atoms with Gasteiger partial charge in [0.25, 0.3) is 0 Å². The Morgan fingerprint density at radius 2 is 1.88 bits per heavy atom. The van der Waals surface area contributed by atoms with Gasteiger partial charge in [0.2, 0.25) is 11.5 Å². The third-order valence-corrected chi connectivity index (χ3v) is 4.42. The molecular weight excluding hydrogens is 320 g/mol. The van der Waals surface area contributed by atoms with E-state index in [1.165, 1.54) is 0 Å². The number of aromatic nitrogens is 1. The molecule has 0 saturated carbocycles. The lowest BCUT2D eigenvalue weighted by molar-refractivity contribution is 0.424. The van der Waals surface area contributed by atoms with Gasteiger partial charge in [0.1, 0.15) is 0 Å². The van der Waals surface area contributed by atoms with Crippen molar-refractivity contribution in [2.45, 2.75) is 27.2 Å². The molecule has 1 aromatic heterocycles. The highest BCUT2D eigenvalue weighted by atomic mass is 32.1. The quantitative estimate of drug-likeness (QED) is 0.655. The number of hydrogen-bond acceptors (Lipinski definition) is 4. The van der Waals surface area contributed by atoms with E-state index in [4.69, 9.17) is 4.52 Å². The van der Waals surface area contributed by atoms with E-state index in [0.717, 1.165) is 51.4 Å². The molecule has 2 aromatic carbocycles. The SMILES string of the molecule is CCc1noc(-c2ccccc2)c1-c1ccc(C)c(N=S=O)c1C. The van der Waals surface area contributed by atoms with Gasteiger partial charge in [-0.2, -0.15) is 8.57 Å². The monoisotopic (exact) mass is 338 g/mol. The first kappa shape index (κ1) is 16.3. The summed E-state index contributed by atoms with van der Waals surface area (Å²) in [5.41, 5.74) is 6.55. The molecule has 0 N–H and O–H groups in total. The van der Waals surface area contributed by atoms with E-state index in [1.807, 2.05) is 50.2 Å². The lowest BCUT2D eigenvalue weighted by Gasteiger charge is -2.11. The zero-order valence-corrected chi connectivity index (χ0v) is 14.7. The standard InChI is InChI=1S/C19H18N2O2S/c1-4-16-17(19(23-20-16)14-8-6-5-7-9-14)15-11-10-12(2)18(13(15)3)21-24-22/h5-11H,4H2,1-3H3. The van der Waals surface area contributed by atoms with Crippen LogP contribution >= 0.6 is 0 Å². The second kappa shape index (κ2) is 6.93. The average molecular weight is 338 g/mol. The summed E-state index contributed by atoms with van der Waals surface area (Å²) in [5, 5.41) is 4.25. The predicted octanol–water partition coefficient (Wildman–Crippen LogP) is 5.22. The fourth-order valence-corrected chi connectivity index (χ4v) is 3.27. The smallest absolute Gasteiger partial charge is 0.205 e. The zero-order valence-electron chi connectivity index (χ0n) is 13.9. The molecule has 0 aliphatic carbocycles. The molecule has 24 heavy (non-hydrogen) atoms. The maximum atomic E-state index is 10.9. The Kier molecular flexibility index (Phi) is 4.71. The largest absolute Gasteiger partial charge is 0.355 e. The van der Waals surface area contributed by atoms with Gasteiger partial charge < -0.3 is 4.52 Å². The Morgan fingerprint density at radius 1 is 1.12 bits per heavy atom. The summed E-state index contributed by atoms with van der Waals surface area (Å²) in [6.07, 6.45) is 0.766. The summed E-state index contributed by atoms with van der Waals surface area (Å²) in [6.45, 7) is 6.00. The highest BCUT2D eigenvalue weighted by Crippen LogP contribution is 2.40. The summed E-state index contributed by atoms with van der Waals surface area (Å²) in [7, 11) is 0. The fraction of sp³-hybridized carbons (Fsp3) is 0.211. The van der Waals surface area contributed by atoms with Gasteiger partial charge in [-0.05, 0) is 37.0 Å². The van der Waals surface area contributed by atoms with Crippen molar-refractivity contribution in [2.24, 2.45) is 4.36 Å². The van der Waals surface area contributed by atoms with E-state index >= 15 is 0 Å². The van der Waals surface area contributed by atoms with Crippen molar-refractivity contribution in [1.29, 1.82) is 0 Å². The van der Waals surface area contributed by atoms with Crippen LogP contribution in [0.15, 0.2) is 51.4 Å². The molecule has 3 aromatic rings. The summed E-state index contributed by atoms with van der Waals surface area (Å²) >= 11 is 0.235. The second-order valence-corrected chi connectivity index (χ2v) is 5.95. The molecule has 0 unspecified atom stereocenters. The molecule has 0 fully saturated rings. The molecule has 0 aliphatic heterocycles. The van der Waals surface area contributed by atoms with E-state index in [1.54, 1.807) is 0 Å². The van der Waals surface area contributed by atoms with Gasteiger partial charge in [0.15, 0.2) is 5.76 Å². The molecule has 0 saturated heterocycles. The van der Waals surface area contributed by atoms with Gasteiger partial charge >= 0.3 is 0 Å². The lowest BCUT2D eigenvalue weighted by atomic mass is 9.93.